The molecule has 0 unspecified atom stereocenters. The highest BCUT2D eigenvalue weighted by Crippen LogP contribution is 2.31. The Labute approximate surface area is 107 Å². The van der Waals surface area contributed by atoms with Crippen LogP contribution in [0.3, 0.4) is 0 Å². The minimum Gasteiger partial charge on any atom is -0.309 e. The Morgan fingerprint density at radius 3 is 2.35 bits per heavy atom. The Morgan fingerprint density at radius 2 is 1.76 bits per heavy atom. The minimum absolute atomic E-state index is 0.318. The van der Waals surface area contributed by atoms with E-state index in [1.165, 1.54) is 51.7 Å². The summed E-state index contributed by atoms with van der Waals surface area (Å²) in [7, 11) is 0. The zero-order valence-corrected chi connectivity index (χ0v) is 12.0. The third-order valence-electron chi connectivity index (χ3n) is 4.71. The van der Waals surface area contributed by atoms with Gasteiger partial charge in [-0.15, -0.1) is 0 Å². The Morgan fingerprint density at radius 1 is 1.12 bits per heavy atom. The monoisotopic (exact) mass is 238 g/mol. The summed E-state index contributed by atoms with van der Waals surface area (Å²) < 4.78 is 0. The van der Waals surface area contributed by atoms with Crippen LogP contribution >= 0.6 is 0 Å². The van der Waals surface area contributed by atoms with Crippen molar-refractivity contribution in [3.63, 3.8) is 0 Å². The minimum atomic E-state index is 0.318. The number of rotatable bonds is 3. The first-order valence-corrected chi connectivity index (χ1v) is 7.56. The molecule has 2 nitrogen and oxygen atoms in total. The van der Waals surface area contributed by atoms with Crippen LogP contribution in [-0.4, -0.2) is 36.6 Å². The molecule has 2 rings (SSSR count). The van der Waals surface area contributed by atoms with Crippen molar-refractivity contribution in [1.29, 1.82) is 0 Å². The fourth-order valence-electron chi connectivity index (χ4n) is 3.59. The molecule has 1 aliphatic heterocycles. The van der Waals surface area contributed by atoms with E-state index in [0.717, 1.165) is 18.4 Å². The second-order valence-electron chi connectivity index (χ2n) is 6.84. The van der Waals surface area contributed by atoms with Crippen LogP contribution in [0, 0.1) is 11.8 Å². The lowest BCUT2D eigenvalue weighted by molar-refractivity contribution is 0.116. The Hall–Kier alpha value is -0.0800. The van der Waals surface area contributed by atoms with Gasteiger partial charge in [0.25, 0.3) is 0 Å². The molecule has 0 spiro atoms. The van der Waals surface area contributed by atoms with Gasteiger partial charge >= 0.3 is 0 Å². The third kappa shape index (κ3) is 3.96. The molecule has 0 atom stereocenters. The summed E-state index contributed by atoms with van der Waals surface area (Å²) in [5.74, 6) is 2.01. The predicted molar refractivity (Wildman–Crippen MR) is 74.3 cm³/mol. The molecule has 0 amide bonds. The maximum atomic E-state index is 3.60. The van der Waals surface area contributed by atoms with Crippen molar-refractivity contribution in [2.75, 3.05) is 26.2 Å². The van der Waals surface area contributed by atoms with E-state index in [-0.39, 0.29) is 0 Å². The molecule has 1 heterocycles. The van der Waals surface area contributed by atoms with Crippen LogP contribution in [0.1, 0.15) is 52.9 Å². The Bertz CT molecular complexity index is 229. The van der Waals surface area contributed by atoms with Gasteiger partial charge in [0, 0.05) is 31.7 Å². The highest BCUT2D eigenvalue weighted by Gasteiger charge is 2.28. The number of nitrogens with one attached hydrogen (secondary N) is 1. The van der Waals surface area contributed by atoms with Gasteiger partial charge < -0.3 is 5.32 Å². The Kier molecular flexibility index (Phi) is 4.48. The van der Waals surface area contributed by atoms with E-state index >= 15 is 0 Å². The van der Waals surface area contributed by atoms with Crippen molar-refractivity contribution in [1.82, 2.24) is 10.2 Å². The molecule has 2 heteroatoms. The summed E-state index contributed by atoms with van der Waals surface area (Å²) >= 11 is 0. The average Bonchev–Trinajstić information content (AvgIpc) is 2.29. The molecule has 0 bridgehead atoms. The van der Waals surface area contributed by atoms with Crippen LogP contribution in [0.5, 0.6) is 0 Å². The maximum Gasteiger partial charge on any atom is 0.0252 e. The summed E-state index contributed by atoms with van der Waals surface area (Å²) in [4.78, 5) is 2.69. The van der Waals surface area contributed by atoms with Gasteiger partial charge in [0.1, 0.15) is 0 Å². The first-order chi connectivity index (χ1) is 8.09. The largest absolute Gasteiger partial charge is 0.309 e. The molecule has 0 radical (unpaired) electrons. The Balaban J connectivity index is 1.74. The summed E-state index contributed by atoms with van der Waals surface area (Å²) in [5.41, 5.74) is 0.318. The quantitative estimate of drug-likeness (QED) is 0.813. The molecule has 1 N–H and O–H groups in total. The number of nitrogens with zero attached hydrogens (tertiary/aromatic N) is 1. The first kappa shape index (κ1) is 13.4. The lowest BCUT2D eigenvalue weighted by Crippen LogP contribution is -2.57. The SMILES string of the molecule is CCC1CCC(CN2CCNC(C)(C)C2)CC1. The van der Waals surface area contributed by atoms with Crippen LogP contribution in [0.2, 0.25) is 0 Å². The zero-order valence-electron chi connectivity index (χ0n) is 12.0. The molecule has 2 fully saturated rings. The van der Waals surface area contributed by atoms with E-state index in [0.29, 0.717) is 5.54 Å². The highest BCUT2D eigenvalue weighted by atomic mass is 15.2. The van der Waals surface area contributed by atoms with Gasteiger partial charge in [0.2, 0.25) is 0 Å². The number of hydrogen-bond donors (Lipinski definition) is 1. The lowest BCUT2D eigenvalue weighted by Gasteiger charge is -2.41. The summed E-state index contributed by atoms with van der Waals surface area (Å²) in [6.45, 7) is 12.0. The van der Waals surface area contributed by atoms with Gasteiger partial charge in [-0.3, -0.25) is 4.90 Å². The van der Waals surface area contributed by atoms with E-state index in [9.17, 15) is 0 Å². The lowest BCUT2D eigenvalue weighted by atomic mass is 9.80. The topological polar surface area (TPSA) is 15.3 Å². The van der Waals surface area contributed by atoms with E-state index < -0.39 is 0 Å². The van der Waals surface area contributed by atoms with Crippen molar-refractivity contribution in [2.45, 2.75) is 58.4 Å². The van der Waals surface area contributed by atoms with Crippen LogP contribution in [0.15, 0.2) is 0 Å². The summed E-state index contributed by atoms with van der Waals surface area (Å²) in [6, 6.07) is 0. The second-order valence-corrected chi connectivity index (χ2v) is 6.84. The third-order valence-corrected chi connectivity index (χ3v) is 4.71. The van der Waals surface area contributed by atoms with Crippen molar-refractivity contribution in [2.24, 2.45) is 11.8 Å². The molecule has 0 aromatic carbocycles. The summed E-state index contributed by atoms with van der Waals surface area (Å²) in [5, 5.41) is 3.60. The fraction of sp³-hybridized carbons (Fsp3) is 1.00. The molecule has 100 valence electrons. The highest BCUT2D eigenvalue weighted by molar-refractivity contribution is 4.88. The molecule has 0 aromatic rings. The molecule has 1 aliphatic carbocycles. The number of hydrogen-bond acceptors (Lipinski definition) is 2. The zero-order chi connectivity index (χ0) is 12.3. The molecule has 1 saturated carbocycles. The number of piperazine rings is 1. The van der Waals surface area contributed by atoms with E-state index in [1.54, 1.807) is 0 Å². The van der Waals surface area contributed by atoms with Crippen molar-refractivity contribution in [3.05, 3.63) is 0 Å². The van der Waals surface area contributed by atoms with Gasteiger partial charge in [-0.2, -0.15) is 0 Å². The molecular weight excluding hydrogens is 208 g/mol. The van der Waals surface area contributed by atoms with E-state index in [1.807, 2.05) is 0 Å². The van der Waals surface area contributed by atoms with Crippen molar-refractivity contribution in [3.8, 4) is 0 Å². The van der Waals surface area contributed by atoms with Gasteiger partial charge in [-0.05, 0) is 38.5 Å². The van der Waals surface area contributed by atoms with Crippen LogP contribution < -0.4 is 5.32 Å². The van der Waals surface area contributed by atoms with Gasteiger partial charge in [0.15, 0.2) is 0 Å². The average molecular weight is 238 g/mol. The standard InChI is InChI=1S/C15H30N2/c1-4-13-5-7-14(8-6-13)11-17-10-9-16-15(2,3)12-17/h13-14,16H,4-12H2,1-3H3. The van der Waals surface area contributed by atoms with Crippen LogP contribution in [0.25, 0.3) is 0 Å². The normalized spacial score (nSPS) is 34.8. The molecule has 17 heavy (non-hydrogen) atoms. The first-order valence-electron chi connectivity index (χ1n) is 7.56. The van der Waals surface area contributed by atoms with Crippen molar-refractivity contribution < 1.29 is 0 Å². The molecular formula is C15H30N2. The van der Waals surface area contributed by atoms with E-state index in [4.69, 9.17) is 0 Å². The smallest absolute Gasteiger partial charge is 0.0252 e. The second kappa shape index (κ2) is 5.71. The van der Waals surface area contributed by atoms with Crippen LogP contribution in [0.4, 0.5) is 0 Å². The van der Waals surface area contributed by atoms with Gasteiger partial charge in [0.05, 0.1) is 0 Å². The van der Waals surface area contributed by atoms with Crippen LogP contribution in [-0.2, 0) is 0 Å². The molecule has 2 aliphatic rings. The van der Waals surface area contributed by atoms with E-state index in [2.05, 4.69) is 31.0 Å². The van der Waals surface area contributed by atoms with Gasteiger partial charge in [-0.1, -0.05) is 26.2 Å². The predicted octanol–water partition coefficient (Wildman–Crippen LogP) is 2.89. The fourth-order valence-corrected chi connectivity index (χ4v) is 3.59. The molecule has 0 aromatic heterocycles. The molecule has 1 saturated heterocycles. The maximum absolute atomic E-state index is 3.60. The van der Waals surface area contributed by atoms with Crippen molar-refractivity contribution >= 4 is 0 Å². The van der Waals surface area contributed by atoms with Gasteiger partial charge in [-0.25, -0.2) is 0 Å². The summed E-state index contributed by atoms with van der Waals surface area (Å²) in [6.07, 6.45) is 7.31.